The van der Waals surface area contributed by atoms with Gasteiger partial charge in [-0.2, -0.15) is 0 Å². The van der Waals surface area contributed by atoms with Crippen molar-refractivity contribution >= 4 is 0 Å². The van der Waals surface area contributed by atoms with E-state index in [9.17, 15) is 0 Å². The number of nitrogens with zero attached hydrogens (tertiary/aromatic N) is 5. The average Bonchev–Trinajstić information content (AvgIpc) is 3.23. The van der Waals surface area contributed by atoms with Crippen LogP contribution in [0.3, 0.4) is 0 Å². The summed E-state index contributed by atoms with van der Waals surface area (Å²) in [5.74, 6) is 1.88. The number of hydrogen-bond donors (Lipinski definition) is 1. The normalized spacial score (nSPS) is 20.7. The van der Waals surface area contributed by atoms with Crippen LogP contribution in [0.15, 0.2) is 0 Å². The summed E-state index contributed by atoms with van der Waals surface area (Å²) in [6.45, 7) is 7.58. The van der Waals surface area contributed by atoms with Gasteiger partial charge in [0.05, 0.1) is 6.54 Å². The number of nitrogens with one attached hydrogen (secondary N) is 1. The predicted molar refractivity (Wildman–Crippen MR) is 77.1 cm³/mol. The van der Waals surface area contributed by atoms with E-state index < -0.39 is 0 Å². The van der Waals surface area contributed by atoms with E-state index in [-0.39, 0.29) is 0 Å². The Bertz CT molecular complexity index is 408. The van der Waals surface area contributed by atoms with E-state index in [2.05, 4.69) is 32.7 Å². The SMILES string of the molecule is CCCn1nnnc1CN(CC1CCNCC1)C1CC1. The summed E-state index contributed by atoms with van der Waals surface area (Å²) in [7, 11) is 0. The molecule has 0 aromatic carbocycles. The van der Waals surface area contributed by atoms with Crippen LogP contribution in [0.2, 0.25) is 0 Å². The van der Waals surface area contributed by atoms with Crippen LogP contribution in [-0.4, -0.2) is 50.8 Å². The average molecular weight is 278 g/mol. The zero-order chi connectivity index (χ0) is 13.8. The number of rotatable bonds is 7. The van der Waals surface area contributed by atoms with Crippen molar-refractivity contribution in [3.8, 4) is 0 Å². The highest BCUT2D eigenvalue weighted by atomic mass is 15.5. The topological polar surface area (TPSA) is 58.9 Å². The number of aromatic nitrogens is 4. The molecule has 0 amide bonds. The fourth-order valence-electron chi connectivity index (χ4n) is 3.08. The minimum Gasteiger partial charge on any atom is -0.317 e. The highest BCUT2D eigenvalue weighted by molar-refractivity contribution is 4.91. The van der Waals surface area contributed by atoms with Gasteiger partial charge in [-0.05, 0) is 61.5 Å². The molecule has 6 heteroatoms. The van der Waals surface area contributed by atoms with E-state index in [4.69, 9.17) is 0 Å². The lowest BCUT2D eigenvalue weighted by molar-refractivity contribution is 0.183. The van der Waals surface area contributed by atoms with Gasteiger partial charge in [0, 0.05) is 19.1 Å². The third-order valence-corrected chi connectivity index (χ3v) is 4.40. The molecule has 2 heterocycles. The molecule has 1 aromatic heterocycles. The van der Waals surface area contributed by atoms with Crippen LogP contribution in [0.4, 0.5) is 0 Å². The maximum absolute atomic E-state index is 4.23. The largest absolute Gasteiger partial charge is 0.317 e. The Morgan fingerprint density at radius 3 is 2.75 bits per heavy atom. The first-order valence-electron chi connectivity index (χ1n) is 8.06. The van der Waals surface area contributed by atoms with Gasteiger partial charge in [-0.3, -0.25) is 4.90 Å². The van der Waals surface area contributed by atoms with Gasteiger partial charge in [0.2, 0.25) is 0 Å². The van der Waals surface area contributed by atoms with Crippen molar-refractivity contribution < 1.29 is 0 Å². The molecule has 2 fully saturated rings. The Kier molecular flexibility index (Phi) is 4.62. The van der Waals surface area contributed by atoms with Crippen molar-refractivity contribution in [2.45, 2.75) is 58.2 Å². The third-order valence-electron chi connectivity index (χ3n) is 4.40. The monoisotopic (exact) mass is 278 g/mol. The summed E-state index contributed by atoms with van der Waals surface area (Å²) in [5, 5.41) is 15.6. The second kappa shape index (κ2) is 6.63. The van der Waals surface area contributed by atoms with Gasteiger partial charge in [0.25, 0.3) is 0 Å². The first-order chi connectivity index (χ1) is 9.86. The van der Waals surface area contributed by atoms with Crippen molar-refractivity contribution in [2.24, 2.45) is 5.92 Å². The Labute approximate surface area is 120 Å². The molecule has 1 saturated carbocycles. The lowest BCUT2D eigenvalue weighted by Crippen LogP contribution is -2.37. The predicted octanol–water partition coefficient (Wildman–Crippen LogP) is 1.05. The van der Waals surface area contributed by atoms with Gasteiger partial charge >= 0.3 is 0 Å². The molecule has 20 heavy (non-hydrogen) atoms. The molecule has 1 aliphatic carbocycles. The Morgan fingerprint density at radius 2 is 2.05 bits per heavy atom. The van der Waals surface area contributed by atoms with E-state index in [0.29, 0.717) is 0 Å². The molecule has 112 valence electrons. The van der Waals surface area contributed by atoms with Crippen LogP contribution in [0.1, 0.15) is 44.9 Å². The summed E-state index contributed by atoms with van der Waals surface area (Å²) < 4.78 is 1.97. The first kappa shape index (κ1) is 13.9. The molecule has 0 atom stereocenters. The molecule has 0 unspecified atom stereocenters. The van der Waals surface area contributed by atoms with E-state index in [1.54, 1.807) is 0 Å². The minimum absolute atomic E-state index is 0.775. The molecule has 0 radical (unpaired) electrons. The van der Waals surface area contributed by atoms with Gasteiger partial charge < -0.3 is 5.32 Å². The highest BCUT2D eigenvalue weighted by Crippen LogP contribution is 2.30. The van der Waals surface area contributed by atoms with E-state index in [1.807, 2.05) is 4.68 Å². The summed E-state index contributed by atoms with van der Waals surface area (Å²) in [6.07, 6.45) is 6.39. The Hall–Kier alpha value is -1.01. The molecule has 0 spiro atoms. The second-order valence-electron chi connectivity index (χ2n) is 6.17. The first-order valence-corrected chi connectivity index (χ1v) is 8.06. The zero-order valence-corrected chi connectivity index (χ0v) is 12.5. The molecule has 3 rings (SSSR count). The second-order valence-corrected chi connectivity index (χ2v) is 6.17. The third kappa shape index (κ3) is 3.55. The number of tetrazole rings is 1. The number of piperidine rings is 1. The fourth-order valence-corrected chi connectivity index (χ4v) is 3.08. The van der Waals surface area contributed by atoms with Crippen LogP contribution < -0.4 is 5.32 Å². The van der Waals surface area contributed by atoms with Gasteiger partial charge in [0.1, 0.15) is 0 Å². The fraction of sp³-hybridized carbons (Fsp3) is 0.929. The van der Waals surface area contributed by atoms with Crippen molar-refractivity contribution in [3.63, 3.8) is 0 Å². The summed E-state index contributed by atoms with van der Waals surface area (Å²) in [6, 6.07) is 0.775. The summed E-state index contributed by atoms with van der Waals surface area (Å²) in [4.78, 5) is 2.62. The zero-order valence-electron chi connectivity index (χ0n) is 12.5. The minimum atomic E-state index is 0.775. The molecule has 1 N–H and O–H groups in total. The van der Waals surface area contributed by atoms with Crippen LogP contribution in [-0.2, 0) is 13.1 Å². The van der Waals surface area contributed by atoms with Crippen LogP contribution >= 0.6 is 0 Å². The van der Waals surface area contributed by atoms with Crippen LogP contribution in [0.25, 0.3) is 0 Å². The Morgan fingerprint density at radius 1 is 1.25 bits per heavy atom. The molecule has 6 nitrogen and oxygen atoms in total. The molecule has 1 aliphatic heterocycles. The number of hydrogen-bond acceptors (Lipinski definition) is 5. The van der Waals surface area contributed by atoms with Gasteiger partial charge in [0.15, 0.2) is 5.82 Å². The van der Waals surface area contributed by atoms with Crippen molar-refractivity contribution in [1.29, 1.82) is 0 Å². The molecular formula is C14H26N6. The van der Waals surface area contributed by atoms with E-state index in [1.165, 1.54) is 45.3 Å². The standard InChI is InChI=1S/C14H26N6/c1-2-9-20-14(16-17-18-20)11-19(13-3-4-13)10-12-5-7-15-8-6-12/h12-13,15H,2-11H2,1H3. The molecular weight excluding hydrogens is 252 g/mol. The lowest BCUT2D eigenvalue weighted by atomic mass is 9.97. The van der Waals surface area contributed by atoms with E-state index in [0.717, 1.165) is 37.3 Å². The van der Waals surface area contributed by atoms with Crippen molar-refractivity contribution in [1.82, 2.24) is 30.4 Å². The maximum atomic E-state index is 4.23. The highest BCUT2D eigenvalue weighted by Gasteiger charge is 2.31. The lowest BCUT2D eigenvalue weighted by Gasteiger charge is -2.29. The van der Waals surface area contributed by atoms with Crippen molar-refractivity contribution in [3.05, 3.63) is 5.82 Å². The van der Waals surface area contributed by atoms with Gasteiger partial charge in [-0.25, -0.2) is 4.68 Å². The quantitative estimate of drug-likeness (QED) is 0.808. The molecule has 2 aliphatic rings. The van der Waals surface area contributed by atoms with Crippen LogP contribution in [0, 0.1) is 5.92 Å². The molecule has 1 aromatic rings. The molecule has 0 bridgehead atoms. The van der Waals surface area contributed by atoms with Crippen molar-refractivity contribution in [2.75, 3.05) is 19.6 Å². The van der Waals surface area contributed by atoms with Crippen LogP contribution in [0.5, 0.6) is 0 Å². The number of aryl methyl sites for hydroxylation is 1. The van der Waals surface area contributed by atoms with E-state index >= 15 is 0 Å². The van der Waals surface area contributed by atoms with Gasteiger partial charge in [-0.1, -0.05) is 6.92 Å². The Balaban J connectivity index is 1.60. The maximum Gasteiger partial charge on any atom is 0.165 e. The van der Waals surface area contributed by atoms with Gasteiger partial charge in [-0.15, -0.1) is 5.10 Å². The smallest absolute Gasteiger partial charge is 0.165 e. The summed E-state index contributed by atoms with van der Waals surface area (Å²) in [5.41, 5.74) is 0. The molecule has 1 saturated heterocycles. The summed E-state index contributed by atoms with van der Waals surface area (Å²) >= 11 is 0.